The predicted octanol–water partition coefficient (Wildman–Crippen LogP) is 2.94. The lowest BCUT2D eigenvalue weighted by atomic mass is 10.0. The molecular weight excluding hydrogens is 270 g/mol. The number of halogens is 2. The van der Waals surface area contributed by atoms with E-state index in [0.29, 0.717) is 22.3 Å². The van der Waals surface area contributed by atoms with E-state index in [-0.39, 0.29) is 17.9 Å². The number of thioether (sulfide) groups is 1. The quantitative estimate of drug-likeness (QED) is 0.836. The molecule has 1 fully saturated rings. The normalized spacial score (nSPS) is 22.7. The summed E-state index contributed by atoms with van der Waals surface area (Å²) in [5.74, 6) is -2.48. The summed E-state index contributed by atoms with van der Waals surface area (Å²) in [6, 6.07) is 6.64. The first-order valence-electron chi connectivity index (χ1n) is 6.15. The number of amides is 1. The van der Waals surface area contributed by atoms with Gasteiger partial charge < -0.3 is 10.6 Å². The van der Waals surface area contributed by atoms with Gasteiger partial charge in [-0.25, -0.2) is 0 Å². The van der Waals surface area contributed by atoms with E-state index in [1.807, 2.05) is 6.92 Å². The number of hydrogen-bond donors (Lipinski definition) is 2. The molecule has 1 heterocycles. The van der Waals surface area contributed by atoms with E-state index < -0.39 is 5.76 Å². The Morgan fingerprint density at radius 3 is 2.63 bits per heavy atom. The third-order valence-corrected chi connectivity index (χ3v) is 3.93. The molecule has 0 radical (unpaired) electrons. The first kappa shape index (κ1) is 14.3. The molecule has 0 saturated carbocycles. The van der Waals surface area contributed by atoms with Crippen LogP contribution in [0.2, 0.25) is 0 Å². The minimum Gasteiger partial charge on any atom is -0.326 e. The second-order valence-electron chi connectivity index (χ2n) is 4.53. The van der Waals surface area contributed by atoms with Gasteiger partial charge >= 0.3 is 0 Å². The third-order valence-electron chi connectivity index (χ3n) is 3.21. The highest BCUT2D eigenvalue weighted by Gasteiger charge is 2.29. The standard InChI is InChI=1S/C13H16F2N2OS/c1-8-11(6-7-16-8)12(18)17-9-2-4-10(5-3-9)19-13(14)15/h2-5,8,11,13,16H,6-7H2,1H3,(H,17,18). The predicted molar refractivity (Wildman–Crippen MR) is 72.5 cm³/mol. The van der Waals surface area contributed by atoms with Crippen LogP contribution >= 0.6 is 11.8 Å². The van der Waals surface area contributed by atoms with Gasteiger partial charge in [0.25, 0.3) is 5.76 Å². The van der Waals surface area contributed by atoms with E-state index in [1.54, 1.807) is 24.3 Å². The Bertz CT molecular complexity index is 439. The highest BCUT2D eigenvalue weighted by molar-refractivity contribution is 7.99. The average Bonchev–Trinajstić information content (AvgIpc) is 2.77. The number of carbonyl (C=O) groups is 1. The van der Waals surface area contributed by atoms with E-state index in [2.05, 4.69) is 10.6 Å². The molecule has 0 spiro atoms. The number of anilines is 1. The lowest BCUT2D eigenvalue weighted by Gasteiger charge is -2.15. The molecule has 1 aliphatic rings. The molecule has 1 aromatic rings. The molecule has 1 aromatic carbocycles. The molecule has 104 valence electrons. The smallest absolute Gasteiger partial charge is 0.288 e. The minimum absolute atomic E-state index is 0.0215. The van der Waals surface area contributed by atoms with Gasteiger partial charge in [0.05, 0.1) is 5.92 Å². The molecule has 2 atom stereocenters. The van der Waals surface area contributed by atoms with Gasteiger partial charge in [0.15, 0.2) is 0 Å². The van der Waals surface area contributed by atoms with Gasteiger partial charge in [-0.3, -0.25) is 4.79 Å². The molecule has 3 nitrogen and oxygen atoms in total. The molecule has 19 heavy (non-hydrogen) atoms. The molecule has 2 N–H and O–H groups in total. The van der Waals surface area contributed by atoms with E-state index >= 15 is 0 Å². The van der Waals surface area contributed by atoms with Gasteiger partial charge in [-0.15, -0.1) is 0 Å². The maximum atomic E-state index is 12.2. The summed E-state index contributed by atoms with van der Waals surface area (Å²) < 4.78 is 24.3. The van der Waals surface area contributed by atoms with Gasteiger partial charge in [-0.05, 0) is 44.2 Å². The molecular formula is C13H16F2N2OS. The fourth-order valence-corrected chi connectivity index (χ4v) is 2.67. The van der Waals surface area contributed by atoms with Crippen molar-refractivity contribution < 1.29 is 13.6 Å². The van der Waals surface area contributed by atoms with E-state index in [9.17, 15) is 13.6 Å². The van der Waals surface area contributed by atoms with Crippen LogP contribution in [0.1, 0.15) is 13.3 Å². The zero-order valence-corrected chi connectivity index (χ0v) is 11.3. The number of hydrogen-bond acceptors (Lipinski definition) is 3. The zero-order chi connectivity index (χ0) is 13.8. The molecule has 0 aromatic heterocycles. The van der Waals surface area contributed by atoms with Gasteiger partial charge in [-0.1, -0.05) is 11.8 Å². The molecule has 6 heteroatoms. The summed E-state index contributed by atoms with van der Waals surface area (Å²) in [5.41, 5.74) is 0.641. The summed E-state index contributed by atoms with van der Waals surface area (Å²) in [6.07, 6.45) is 0.826. The Morgan fingerprint density at radius 1 is 1.42 bits per heavy atom. The van der Waals surface area contributed by atoms with Gasteiger partial charge in [-0.2, -0.15) is 8.78 Å². The monoisotopic (exact) mass is 286 g/mol. The Morgan fingerprint density at radius 2 is 2.11 bits per heavy atom. The molecule has 2 rings (SSSR count). The number of rotatable bonds is 4. The Hall–Kier alpha value is -1.14. The summed E-state index contributed by atoms with van der Waals surface area (Å²) in [4.78, 5) is 12.5. The summed E-state index contributed by atoms with van der Waals surface area (Å²) in [6.45, 7) is 2.84. The Balaban J connectivity index is 1.93. The van der Waals surface area contributed by atoms with E-state index in [1.165, 1.54) is 0 Å². The molecule has 0 bridgehead atoms. The van der Waals surface area contributed by atoms with Crippen LogP contribution in [-0.2, 0) is 4.79 Å². The number of benzene rings is 1. The number of alkyl halides is 2. The summed E-state index contributed by atoms with van der Waals surface area (Å²) in [7, 11) is 0. The van der Waals surface area contributed by atoms with Crippen molar-refractivity contribution in [2.75, 3.05) is 11.9 Å². The van der Waals surface area contributed by atoms with Crippen molar-refractivity contribution in [2.45, 2.75) is 30.0 Å². The van der Waals surface area contributed by atoms with Crippen LogP contribution < -0.4 is 10.6 Å². The van der Waals surface area contributed by atoms with Crippen LogP contribution in [0.15, 0.2) is 29.2 Å². The van der Waals surface area contributed by atoms with Crippen molar-refractivity contribution in [2.24, 2.45) is 5.92 Å². The highest BCUT2D eigenvalue weighted by Crippen LogP contribution is 2.26. The van der Waals surface area contributed by atoms with Crippen molar-refractivity contribution >= 4 is 23.4 Å². The van der Waals surface area contributed by atoms with Crippen molar-refractivity contribution in [3.8, 4) is 0 Å². The average molecular weight is 286 g/mol. The largest absolute Gasteiger partial charge is 0.326 e. The van der Waals surface area contributed by atoms with Crippen LogP contribution in [0.3, 0.4) is 0 Å². The van der Waals surface area contributed by atoms with Crippen LogP contribution in [0.4, 0.5) is 14.5 Å². The molecule has 1 amide bonds. The van der Waals surface area contributed by atoms with Crippen LogP contribution in [-0.4, -0.2) is 24.3 Å². The van der Waals surface area contributed by atoms with Crippen LogP contribution in [0.5, 0.6) is 0 Å². The van der Waals surface area contributed by atoms with Crippen molar-refractivity contribution in [1.82, 2.24) is 5.32 Å². The third kappa shape index (κ3) is 3.91. The highest BCUT2D eigenvalue weighted by atomic mass is 32.2. The topological polar surface area (TPSA) is 41.1 Å². The summed E-state index contributed by atoms with van der Waals surface area (Å²) >= 11 is 0.496. The van der Waals surface area contributed by atoms with E-state index in [0.717, 1.165) is 13.0 Å². The fraction of sp³-hybridized carbons (Fsp3) is 0.462. The van der Waals surface area contributed by atoms with Crippen LogP contribution in [0.25, 0.3) is 0 Å². The zero-order valence-electron chi connectivity index (χ0n) is 10.5. The second kappa shape index (κ2) is 6.34. The van der Waals surface area contributed by atoms with E-state index in [4.69, 9.17) is 0 Å². The molecule has 1 saturated heterocycles. The Labute approximate surface area is 115 Å². The number of carbonyl (C=O) groups excluding carboxylic acids is 1. The molecule has 2 unspecified atom stereocenters. The second-order valence-corrected chi connectivity index (χ2v) is 5.59. The van der Waals surface area contributed by atoms with Crippen molar-refractivity contribution in [3.05, 3.63) is 24.3 Å². The van der Waals surface area contributed by atoms with Crippen LogP contribution in [0, 0.1) is 5.92 Å². The fourth-order valence-electron chi connectivity index (χ4n) is 2.17. The van der Waals surface area contributed by atoms with Crippen molar-refractivity contribution in [3.63, 3.8) is 0 Å². The van der Waals surface area contributed by atoms with Gasteiger partial charge in [0, 0.05) is 16.6 Å². The maximum absolute atomic E-state index is 12.2. The van der Waals surface area contributed by atoms with Gasteiger partial charge in [0.2, 0.25) is 5.91 Å². The first-order valence-corrected chi connectivity index (χ1v) is 7.03. The first-order chi connectivity index (χ1) is 9.06. The summed E-state index contributed by atoms with van der Waals surface area (Å²) in [5, 5.41) is 6.04. The minimum atomic E-state index is -2.43. The van der Waals surface area contributed by atoms with Crippen molar-refractivity contribution in [1.29, 1.82) is 0 Å². The maximum Gasteiger partial charge on any atom is 0.288 e. The Kier molecular flexibility index (Phi) is 4.76. The number of nitrogens with one attached hydrogen (secondary N) is 2. The lowest BCUT2D eigenvalue weighted by molar-refractivity contribution is -0.120. The molecule has 1 aliphatic heterocycles. The van der Waals surface area contributed by atoms with Gasteiger partial charge in [0.1, 0.15) is 0 Å². The molecule has 0 aliphatic carbocycles. The lowest BCUT2D eigenvalue weighted by Crippen LogP contribution is -2.32. The SMILES string of the molecule is CC1NCCC1C(=O)Nc1ccc(SC(F)F)cc1.